The lowest BCUT2D eigenvalue weighted by Crippen LogP contribution is -2.51. The quantitative estimate of drug-likeness (QED) is 0.875. The van der Waals surface area contributed by atoms with Crippen LogP contribution >= 0.6 is 0 Å². The molecule has 132 valence electrons. The van der Waals surface area contributed by atoms with E-state index in [-0.39, 0.29) is 18.1 Å². The van der Waals surface area contributed by atoms with Gasteiger partial charge < -0.3 is 20.7 Å². The zero-order chi connectivity index (χ0) is 17.2. The molecule has 0 spiro atoms. The Morgan fingerprint density at radius 2 is 2.00 bits per heavy atom. The molecule has 2 aliphatic rings. The molecule has 3 N–H and O–H groups in total. The Bertz CT molecular complexity index is 559. The van der Waals surface area contributed by atoms with Crippen LogP contribution in [0.5, 0.6) is 0 Å². The third kappa shape index (κ3) is 3.87. The molecule has 2 unspecified atom stereocenters. The first-order valence-corrected chi connectivity index (χ1v) is 8.89. The molecule has 1 aliphatic carbocycles. The van der Waals surface area contributed by atoms with Crippen LogP contribution in [0.2, 0.25) is 0 Å². The third-order valence-electron chi connectivity index (χ3n) is 4.95. The van der Waals surface area contributed by atoms with Crippen LogP contribution in [-0.4, -0.2) is 41.7 Å². The normalized spacial score (nSPS) is 26.4. The summed E-state index contributed by atoms with van der Waals surface area (Å²) in [5.74, 6) is 0.915. The number of pyridine rings is 1. The number of nitrogens with zero attached hydrogens (tertiary/aromatic N) is 2. The van der Waals surface area contributed by atoms with E-state index in [1.807, 2.05) is 18.3 Å². The molecule has 0 bridgehead atoms. The number of anilines is 1. The zero-order valence-corrected chi connectivity index (χ0v) is 14.6. The predicted molar refractivity (Wildman–Crippen MR) is 93.7 cm³/mol. The highest BCUT2D eigenvalue weighted by molar-refractivity contribution is 5.86. The van der Waals surface area contributed by atoms with Gasteiger partial charge >= 0.3 is 0 Å². The van der Waals surface area contributed by atoms with Gasteiger partial charge in [0, 0.05) is 25.8 Å². The highest BCUT2D eigenvalue weighted by Gasteiger charge is 2.36. The smallest absolute Gasteiger partial charge is 0.240 e. The van der Waals surface area contributed by atoms with Crippen molar-refractivity contribution in [3.8, 4) is 0 Å². The van der Waals surface area contributed by atoms with Crippen molar-refractivity contribution in [2.75, 3.05) is 18.0 Å². The minimum Gasteiger partial charge on any atom is -0.372 e. The highest BCUT2D eigenvalue weighted by atomic mass is 16.5. The van der Waals surface area contributed by atoms with Gasteiger partial charge in [0.25, 0.3) is 0 Å². The molecule has 2 fully saturated rings. The summed E-state index contributed by atoms with van der Waals surface area (Å²) in [7, 11) is 0. The van der Waals surface area contributed by atoms with E-state index in [2.05, 4.69) is 29.0 Å². The first-order chi connectivity index (χ1) is 11.5. The molecule has 1 aromatic heterocycles. The standard InChI is InChI=1S/C18H28N4O2/c1-13-11-22(12-14(2)24-13)16-6-5-15(9-20-16)10-21-17(23)18(19)7-3-4-8-18/h5-6,9,13-14H,3-4,7-8,10-12,19H2,1-2H3,(H,21,23). The number of rotatable bonds is 4. The van der Waals surface area contributed by atoms with Crippen molar-refractivity contribution in [3.05, 3.63) is 23.9 Å². The molecule has 1 amide bonds. The van der Waals surface area contributed by atoms with Crippen molar-refractivity contribution >= 4 is 11.7 Å². The minimum absolute atomic E-state index is 0.0418. The molecule has 1 aliphatic heterocycles. The number of nitrogens with one attached hydrogen (secondary N) is 1. The lowest BCUT2D eigenvalue weighted by Gasteiger charge is -2.36. The van der Waals surface area contributed by atoms with Gasteiger partial charge in [0.05, 0.1) is 17.7 Å². The minimum atomic E-state index is -0.673. The van der Waals surface area contributed by atoms with Gasteiger partial charge in [-0.25, -0.2) is 4.98 Å². The second-order valence-electron chi connectivity index (χ2n) is 7.23. The molecule has 1 saturated heterocycles. The van der Waals surface area contributed by atoms with E-state index in [0.29, 0.717) is 6.54 Å². The fourth-order valence-electron chi connectivity index (χ4n) is 3.66. The molecule has 3 rings (SSSR count). The zero-order valence-electron chi connectivity index (χ0n) is 14.6. The van der Waals surface area contributed by atoms with E-state index in [9.17, 15) is 4.79 Å². The number of carbonyl (C=O) groups is 1. The Labute approximate surface area is 143 Å². The summed E-state index contributed by atoms with van der Waals surface area (Å²) in [6.45, 7) is 6.34. The number of carbonyl (C=O) groups excluding carboxylic acids is 1. The van der Waals surface area contributed by atoms with Crippen molar-refractivity contribution in [2.45, 2.75) is 63.8 Å². The summed E-state index contributed by atoms with van der Waals surface area (Å²) in [4.78, 5) is 19.0. The third-order valence-corrected chi connectivity index (χ3v) is 4.95. The molecule has 2 atom stereocenters. The fourth-order valence-corrected chi connectivity index (χ4v) is 3.66. The number of ether oxygens (including phenoxy) is 1. The van der Waals surface area contributed by atoms with Gasteiger partial charge in [-0.2, -0.15) is 0 Å². The van der Waals surface area contributed by atoms with Gasteiger partial charge in [-0.3, -0.25) is 4.79 Å². The molecule has 2 heterocycles. The summed E-state index contributed by atoms with van der Waals surface area (Å²) in [5.41, 5.74) is 6.48. The van der Waals surface area contributed by atoms with Crippen LogP contribution in [0.3, 0.4) is 0 Å². The summed E-state index contributed by atoms with van der Waals surface area (Å²) in [6, 6.07) is 4.03. The summed E-state index contributed by atoms with van der Waals surface area (Å²) in [5, 5.41) is 2.96. The van der Waals surface area contributed by atoms with E-state index in [4.69, 9.17) is 10.5 Å². The monoisotopic (exact) mass is 332 g/mol. The molecular weight excluding hydrogens is 304 g/mol. The molecule has 0 radical (unpaired) electrons. The molecule has 1 saturated carbocycles. The lowest BCUT2D eigenvalue weighted by molar-refractivity contribution is -0.126. The van der Waals surface area contributed by atoms with Crippen LogP contribution < -0.4 is 16.0 Å². The molecule has 6 nitrogen and oxygen atoms in total. The lowest BCUT2D eigenvalue weighted by atomic mass is 9.98. The maximum absolute atomic E-state index is 12.2. The van der Waals surface area contributed by atoms with E-state index >= 15 is 0 Å². The molecular formula is C18H28N4O2. The summed E-state index contributed by atoms with van der Waals surface area (Å²) in [6.07, 6.45) is 5.89. The predicted octanol–water partition coefficient (Wildman–Crippen LogP) is 1.58. The second kappa shape index (κ2) is 7.07. The Balaban J connectivity index is 1.56. The van der Waals surface area contributed by atoms with Crippen molar-refractivity contribution in [1.29, 1.82) is 0 Å². The van der Waals surface area contributed by atoms with Crippen LogP contribution in [0.4, 0.5) is 5.82 Å². The van der Waals surface area contributed by atoms with Crippen molar-refractivity contribution < 1.29 is 9.53 Å². The Morgan fingerprint density at radius 3 is 2.58 bits per heavy atom. The number of hydrogen-bond acceptors (Lipinski definition) is 5. The maximum atomic E-state index is 12.2. The average molecular weight is 332 g/mol. The van der Waals surface area contributed by atoms with Crippen molar-refractivity contribution in [3.63, 3.8) is 0 Å². The van der Waals surface area contributed by atoms with E-state index in [0.717, 1.165) is 50.2 Å². The van der Waals surface area contributed by atoms with Crippen molar-refractivity contribution in [2.24, 2.45) is 5.73 Å². The van der Waals surface area contributed by atoms with Crippen molar-refractivity contribution in [1.82, 2.24) is 10.3 Å². The topological polar surface area (TPSA) is 80.5 Å². The van der Waals surface area contributed by atoms with E-state index in [1.165, 1.54) is 0 Å². The van der Waals surface area contributed by atoms with Gasteiger partial charge in [0.2, 0.25) is 5.91 Å². The van der Waals surface area contributed by atoms with Gasteiger partial charge in [-0.05, 0) is 38.3 Å². The first-order valence-electron chi connectivity index (χ1n) is 8.89. The van der Waals surface area contributed by atoms with Crippen LogP contribution in [0.15, 0.2) is 18.3 Å². The second-order valence-corrected chi connectivity index (χ2v) is 7.23. The largest absolute Gasteiger partial charge is 0.372 e. The van der Waals surface area contributed by atoms with E-state index < -0.39 is 5.54 Å². The fraction of sp³-hybridized carbons (Fsp3) is 0.667. The SMILES string of the molecule is CC1CN(c2ccc(CNC(=O)C3(N)CCCC3)cn2)CC(C)O1. The number of aromatic nitrogens is 1. The van der Waals surface area contributed by atoms with Crippen LogP contribution in [0.25, 0.3) is 0 Å². The molecule has 24 heavy (non-hydrogen) atoms. The van der Waals surface area contributed by atoms with Crippen LogP contribution in [0.1, 0.15) is 45.1 Å². The number of amides is 1. The summed E-state index contributed by atoms with van der Waals surface area (Å²) >= 11 is 0. The first kappa shape index (κ1) is 17.2. The van der Waals surface area contributed by atoms with Crippen LogP contribution in [-0.2, 0) is 16.1 Å². The maximum Gasteiger partial charge on any atom is 0.240 e. The molecule has 0 aromatic carbocycles. The molecule has 6 heteroatoms. The van der Waals surface area contributed by atoms with Gasteiger partial charge in [0.1, 0.15) is 5.82 Å². The molecule has 1 aromatic rings. The Hall–Kier alpha value is -1.66. The van der Waals surface area contributed by atoms with Crippen LogP contribution in [0, 0.1) is 0 Å². The average Bonchev–Trinajstić information content (AvgIpc) is 3.00. The number of morpholine rings is 1. The summed E-state index contributed by atoms with van der Waals surface area (Å²) < 4.78 is 5.76. The van der Waals surface area contributed by atoms with Gasteiger partial charge in [-0.1, -0.05) is 18.9 Å². The van der Waals surface area contributed by atoms with E-state index in [1.54, 1.807) is 0 Å². The Morgan fingerprint density at radius 1 is 1.33 bits per heavy atom. The highest BCUT2D eigenvalue weighted by Crippen LogP contribution is 2.27. The Kier molecular flexibility index (Phi) is 5.06. The number of nitrogens with two attached hydrogens (primary N) is 1. The van der Waals surface area contributed by atoms with Gasteiger partial charge in [-0.15, -0.1) is 0 Å². The number of hydrogen-bond donors (Lipinski definition) is 2. The van der Waals surface area contributed by atoms with Gasteiger partial charge in [0.15, 0.2) is 0 Å².